The molecule has 3 nitrogen and oxygen atoms in total. The van der Waals surface area contributed by atoms with Crippen LogP contribution in [0.1, 0.15) is 28.3 Å². The van der Waals surface area contributed by atoms with E-state index in [2.05, 4.69) is 21.7 Å². The highest BCUT2D eigenvalue weighted by Gasteiger charge is 2.43. The predicted molar refractivity (Wildman–Crippen MR) is 93.6 cm³/mol. The molecule has 5 heteroatoms. The molecule has 1 saturated carbocycles. The smallest absolute Gasteiger partial charge is 0.223 e. The second-order valence-corrected chi connectivity index (χ2v) is 7.69. The third-order valence-electron chi connectivity index (χ3n) is 5.04. The van der Waals surface area contributed by atoms with E-state index in [1.165, 1.54) is 22.6 Å². The summed E-state index contributed by atoms with van der Waals surface area (Å²) in [4.78, 5) is 16.2. The molecular formula is C19H21FN2OS. The van der Waals surface area contributed by atoms with E-state index in [-0.39, 0.29) is 23.6 Å². The molecular weight excluding hydrogens is 323 g/mol. The Labute approximate surface area is 145 Å². The van der Waals surface area contributed by atoms with Crippen LogP contribution in [-0.2, 0) is 17.8 Å². The molecule has 0 saturated heterocycles. The normalized spacial score (nSPS) is 22.9. The van der Waals surface area contributed by atoms with Crippen LogP contribution in [0.2, 0.25) is 0 Å². The Bertz CT molecular complexity index is 727. The van der Waals surface area contributed by atoms with E-state index in [1.54, 1.807) is 12.1 Å². The van der Waals surface area contributed by atoms with Gasteiger partial charge in [-0.2, -0.15) is 0 Å². The summed E-state index contributed by atoms with van der Waals surface area (Å²) in [5.74, 6) is 0.225. The molecule has 1 N–H and O–H groups in total. The van der Waals surface area contributed by atoms with Gasteiger partial charge in [-0.15, -0.1) is 11.3 Å². The van der Waals surface area contributed by atoms with Gasteiger partial charge in [0.1, 0.15) is 5.82 Å². The number of nitrogens with one attached hydrogen (secondary N) is 1. The zero-order valence-electron chi connectivity index (χ0n) is 13.5. The van der Waals surface area contributed by atoms with Crippen LogP contribution < -0.4 is 5.32 Å². The summed E-state index contributed by atoms with van der Waals surface area (Å²) in [5, 5.41) is 5.23. The lowest BCUT2D eigenvalue weighted by Crippen LogP contribution is -2.38. The Morgan fingerprint density at radius 1 is 1.29 bits per heavy atom. The first kappa shape index (κ1) is 15.8. The molecule has 2 aliphatic rings. The van der Waals surface area contributed by atoms with Crippen molar-refractivity contribution in [1.29, 1.82) is 0 Å². The Morgan fingerprint density at radius 3 is 2.96 bits per heavy atom. The van der Waals surface area contributed by atoms with Crippen molar-refractivity contribution in [2.45, 2.75) is 25.3 Å². The Morgan fingerprint density at radius 2 is 2.12 bits per heavy atom. The first-order chi connectivity index (χ1) is 11.7. The first-order valence-electron chi connectivity index (χ1n) is 8.51. The molecule has 1 aromatic carbocycles. The second-order valence-electron chi connectivity index (χ2n) is 6.69. The van der Waals surface area contributed by atoms with Crippen LogP contribution in [0.3, 0.4) is 0 Å². The van der Waals surface area contributed by atoms with Crippen LogP contribution in [-0.4, -0.2) is 30.4 Å². The first-order valence-corrected chi connectivity index (χ1v) is 9.39. The molecule has 4 rings (SSSR count). The van der Waals surface area contributed by atoms with Crippen molar-refractivity contribution in [3.63, 3.8) is 0 Å². The van der Waals surface area contributed by atoms with E-state index < -0.39 is 0 Å². The Hall–Kier alpha value is -1.72. The Balaban J connectivity index is 1.21. The molecule has 1 aromatic heterocycles. The van der Waals surface area contributed by atoms with Crippen molar-refractivity contribution in [1.82, 2.24) is 10.2 Å². The number of hydrogen-bond acceptors (Lipinski definition) is 3. The molecule has 2 atom stereocenters. The van der Waals surface area contributed by atoms with Gasteiger partial charge in [-0.1, -0.05) is 12.1 Å². The molecule has 0 bridgehead atoms. The summed E-state index contributed by atoms with van der Waals surface area (Å²) in [6.45, 7) is 3.67. The fraction of sp³-hybridized carbons (Fsp3) is 0.421. The van der Waals surface area contributed by atoms with E-state index in [4.69, 9.17) is 0 Å². The zero-order chi connectivity index (χ0) is 16.5. The highest BCUT2D eigenvalue weighted by atomic mass is 32.1. The van der Waals surface area contributed by atoms with E-state index >= 15 is 0 Å². The van der Waals surface area contributed by atoms with Gasteiger partial charge in [0.25, 0.3) is 0 Å². The SMILES string of the molecule is O=C(NCCN1CCc2sccc2C1)C1CC1c1ccc(F)cc1. The molecule has 2 aromatic rings. The molecule has 0 radical (unpaired) electrons. The number of hydrogen-bond donors (Lipinski definition) is 1. The van der Waals surface area contributed by atoms with Gasteiger partial charge < -0.3 is 5.32 Å². The minimum atomic E-state index is -0.226. The third kappa shape index (κ3) is 3.37. The molecule has 1 aliphatic heterocycles. The van der Waals surface area contributed by atoms with Crippen molar-refractivity contribution >= 4 is 17.2 Å². The average molecular weight is 344 g/mol. The lowest BCUT2D eigenvalue weighted by Gasteiger charge is -2.26. The average Bonchev–Trinajstić information content (AvgIpc) is 3.25. The summed E-state index contributed by atoms with van der Waals surface area (Å²) in [6.07, 6.45) is 2.00. The number of rotatable bonds is 5. The number of thiophene rings is 1. The second kappa shape index (κ2) is 6.65. The quantitative estimate of drug-likeness (QED) is 0.904. The van der Waals surface area contributed by atoms with Crippen LogP contribution in [0.25, 0.3) is 0 Å². The summed E-state index contributed by atoms with van der Waals surface area (Å²) >= 11 is 1.85. The van der Waals surface area contributed by atoms with Crippen LogP contribution >= 0.6 is 11.3 Å². The number of carbonyl (C=O) groups is 1. The third-order valence-corrected chi connectivity index (χ3v) is 6.06. The number of halogens is 1. The molecule has 1 aliphatic carbocycles. The van der Waals surface area contributed by atoms with Gasteiger partial charge in [0.15, 0.2) is 0 Å². The molecule has 0 spiro atoms. The maximum atomic E-state index is 13.0. The number of carbonyl (C=O) groups excluding carboxylic acids is 1. The summed E-state index contributed by atoms with van der Waals surface area (Å²) in [5.41, 5.74) is 2.51. The highest BCUT2D eigenvalue weighted by molar-refractivity contribution is 7.10. The molecule has 24 heavy (non-hydrogen) atoms. The minimum Gasteiger partial charge on any atom is -0.355 e. The van der Waals surface area contributed by atoms with Crippen LogP contribution in [0.4, 0.5) is 4.39 Å². The molecule has 2 heterocycles. The van der Waals surface area contributed by atoms with Gasteiger partial charge in [-0.3, -0.25) is 9.69 Å². The lowest BCUT2D eigenvalue weighted by molar-refractivity contribution is -0.122. The largest absolute Gasteiger partial charge is 0.355 e. The van der Waals surface area contributed by atoms with E-state index in [0.29, 0.717) is 6.54 Å². The van der Waals surface area contributed by atoms with Crippen molar-refractivity contribution in [2.24, 2.45) is 5.92 Å². The molecule has 2 unspecified atom stereocenters. The van der Waals surface area contributed by atoms with Gasteiger partial charge in [0.05, 0.1) is 0 Å². The van der Waals surface area contributed by atoms with E-state index in [9.17, 15) is 9.18 Å². The highest BCUT2D eigenvalue weighted by Crippen LogP contribution is 2.47. The van der Waals surface area contributed by atoms with Crippen molar-refractivity contribution in [3.05, 3.63) is 57.5 Å². The van der Waals surface area contributed by atoms with Gasteiger partial charge >= 0.3 is 0 Å². The summed E-state index contributed by atoms with van der Waals surface area (Å²) in [6, 6.07) is 8.73. The van der Waals surface area contributed by atoms with E-state index in [0.717, 1.165) is 38.0 Å². The topological polar surface area (TPSA) is 32.3 Å². The van der Waals surface area contributed by atoms with Gasteiger partial charge in [0.2, 0.25) is 5.91 Å². The van der Waals surface area contributed by atoms with Crippen molar-refractivity contribution < 1.29 is 9.18 Å². The summed E-state index contributed by atoms with van der Waals surface area (Å²) in [7, 11) is 0. The Kier molecular flexibility index (Phi) is 4.37. The molecule has 1 fully saturated rings. The predicted octanol–water partition coefficient (Wildman–Crippen LogP) is 3.17. The summed E-state index contributed by atoms with van der Waals surface area (Å²) < 4.78 is 13.0. The maximum absolute atomic E-state index is 13.0. The number of benzene rings is 1. The van der Waals surface area contributed by atoms with Crippen molar-refractivity contribution in [3.8, 4) is 0 Å². The van der Waals surface area contributed by atoms with Crippen LogP contribution in [0.15, 0.2) is 35.7 Å². The fourth-order valence-electron chi connectivity index (χ4n) is 3.53. The van der Waals surface area contributed by atoms with Crippen molar-refractivity contribution in [2.75, 3.05) is 19.6 Å². The van der Waals surface area contributed by atoms with Crippen LogP contribution in [0.5, 0.6) is 0 Å². The van der Waals surface area contributed by atoms with Gasteiger partial charge in [0, 0.05) is 37.0 Å². The fourth-order valence-corrected chi connectivity index (χ4v) is 4.42. The molecule has 126 valence electrons. The maximum Gasteiger partial charge on any atom is 0.223 e. The number of nitrogens with zero attached hydrogens (tertiary/aromatic N) is 1. The lowest BCUT2D eigenvalue weighted by atomic mass is 10.1. The standard InChI is InChI=1S/C19H21FN2OS/c20-15-3-1-13(2-4-15)16-11-17(16)19(23)21-7-9-22-8-5-18-14(12-22)6-10-24-18/h1-4,6,10,16-17H,5,7-9,11-12H2,(H,21,23). The number of amides is 1. The zero-order valence-corrected chi connectivity index (χ0v) is 14.3. The van der Waals surface area contributed by atoms with Crippen LogP contribution in [0, 0.1) is 11.7 Å². The van der Waals surface area contributed by atoms with Gasteiger partial charge in [-0.25, -0.2) is 4.39 Å². The van der Waals surface area contributed by atoms with Gasteiger partial charge in [-0.05, 0) is 53.5 Å². The number of fused-ring (bicyclic) bond motifs is 1. The van der Waals surface area contributed by atoms with E-state index in [1.807, 2.05) is 11.3 Å². The monoisotopic (exact) mass is 344 g/mol. The molecule has 1 amide bonds. The minimum absolute atomic E-state index is 0.0558.